The molecule has 2 heteroatoms. The van der Waals surface area contributed by atoms with Crippen molar-refractivity contribution < 1.29 is 0 Å². The molecule has 0 radical (unpaired) electrons. The van der Waals surface area contributed by atoms with E-state index in [9.17, 15) is 0 Å². The number of rotatable bonds is 5. The highest BCUT2D eigenvalue weighted by Gasteiger charge is 2.37. The second kappa shape index (κ2) is 12.8. The van der Waals surface area contributed by atoms with Crippen molar-refractivity contribution in [3.05, 3.63) is 204 Å². The van der Waals surface area contributed by atoms with Crippen LogP contribution in [0.25, 0.3) is 89.2 Å². The van der Waals surface area contributed by atoms with Crippen LogP contribution in [0.5, 0.6) is 0 Å². The van der Waals surface area contributed by atoms with E-state index in [0.717, 1.165) is 28.1 Å². The Bertz CT molecular complexity index is 3080. The van der Waals surface area contributed by atoms with Gasteiger partial charge >= 0.3 is 0 Å². The SMILES string of the molecule is CC1(C)c2ccccc2-c2cc(-c3ccc(-c4cc(-c5ccc(-c6cccc7c6-c6cc8ccccc8cc6C7(C)C)cc5)nc(-c5ccccc5)n4)cc3)ccc21. The van der Waals surface area contributed by atoms with Crippen molar-refractivity contribution in [1.29, 1.82) is 0 Å². The number of hydrogen-bond donors (Lipinski definition) is 0. The molecule has 2 nitrogen and oxygen atoms in total. The molecule has 8 aromatic carbocycles. The molecule has 0 unspecified atom stereocenters. The van der Waals surface area contributed by atoms with Crippen LogP contribution in [0.1, 0.15) is 49.9 Å². The van der Waals surface area contributed by atoms with Gasteiger partial charge in [-0.15, -0.1) is 0 Å². The van der Waals surface area contributed by atoms with Gasteiger partial charge in [0.25, 0.3) is 0 Å². The predicted molar refractivity (Wildman–Crippen MR) is 242 cm³/mol. The third-order valence-corrected chi connectivity index (χ3v) is 12.9. The zero-order chi connectivity index (χ0) is 39.2. The molecule has 0 atom stereocenters. The van der Waals surface area contributed by atoms with Gasteiger partial charge < -0.3 is 0 Å². The Kier molecular flexibility index (Phi) is 7.59. The van der Waals surface area contributed by atoms with Gasteiger partial charge in [0.2, 0.25) is 0 Å². The molecule has 1 heterocycles. The lowest BCUT2D eigenvalue weighted by Crippen LogP contribution is -2.14. The van der Waals surface area contributed by atoms with E-state index in [0.29, 0.717) is 5.82 Å². The van der Waals surface area contributed by atoms with E-state index in [1.807, 2.05) is 18.2 Å². The Morgan fingerprint density at radius 3 is 1.57 bits per heavy atom. The first-order chi connectivity index (χ1) is 28.2. The Morgan fingerprint density at radius 1 is 0.310 bits per heavy atom. The average Bonchev–Trinajstić information content (AvgIpc) is 3.64. The molecule has 276 valence electrons. The lowest BCUT2D eigenvalue weighted by atomic mass is 9.81. The van der Waals surface area contributed by atoms with Crippen LogP contribution < -0.4 is 0 Å². The molecule has 0 saturated carbocycles. The lowest BCUT2D eigenvalue weighted by Gasteiger charge is -2.22. The maximum absolute atomic E-state index is 5.15. The lowest BCUT2D eigenvalue weighted by molar-refractivity contribution is 0.660. The monoisotopic (exact) mass is 742 g/mol. The predicted octanol–water partition coefficient (Wildman–Crippen LogP) is 14.6. The molecule has 0 fully saturated rings. The van der Waals surface area contributed by atoms with Gasteiger partial charge in [-0.25, -0.2) is 9.97 Å². The number of fused-ring (bicyclic) bond motifs is 7. The minimum absolute atomic E-state index is 0.00344. The van der Waals surface area contributed by atoms with E-state index in [-0.39, 0.29) is 10.8 Å². The molecule has 0 spiro atoms. The molecule has 1 aromatic heterocycles. The van der Waals surface area contributed by atoms with Gasteiger partial charge in [0, 0.05) is 27.5 Å². The van der Waals surface area contributed by atoms with E-state index < -0.39 is 0 Å². The van der Waals surface area contributed by atoms with Crippen LogP contribution in [0.4, 0.5) is 0 Å². The van der Waals surface area contributed by atoms with Crippen molar-refractivity contribution in [2.45, 2.75) is 38.5 Å². The Hall–Kier alpha value is -6.90. The summed E-state index contributed by atoms with van der Waals surface area (Å²) >= 11 is 0. The quantitative estimate of drug-likeness (QED) is 0.175. The van der Waals surface area contributed by atoms with E-state index in [1.165, 1.54) is 77.5 Å². The summed E-state index contributed by atoms with van der Waals surface area (Å²) in [6, 6.07) is 66.3. The van der Waals surface area contributed by atoms with Gasteiger partial charge in [-0.05, 0) is 102 Å². The van der Waals surface area contributed by atoms with E-state index in [4.69, 9.17) is 9.97 Å². The van der Waals surface area contributed by atoms with Gasteiger partial charge in [0.15, 0.2) is 5.82 Å². The summed E-state index contributed by atoms with van der Waals surface area (Å²) in [5.41, 5.74) is 20.6. The normalized spacial score (nSPS) is 14.1. The molecule has 2 aliphatic rings. The summed E-state index contributed by atoms with van der Waals surface area (Å²) in [4.78, 5) is 10.3. The highest BCUT2D eigenvalue weighted by molar-refractivity contribution is 5.98. The number of benzene rings is 8. The fourth-order valence-electron chi connectivity index (χ4n) is 9.73. The zero-order valence-corrected chi connectivity index (χ0v) is 33.2. The minimum atomic E-state index is -0.0847. The first kappa shape index (κ1) is 34.4. The molecule has 58 heavy (non-hydrogen) atoms. The van der Waals surface area contributed by atoms with E-state index >= 15 is 0 Å². The van der Waals surface area contributed by atoms with Crippen LogP contribution in [0.2, 0.25) is 0 Å². The summed E-state index contributed by atoms with van der Waals surface area (Å²) in [5, 5.41) is 2.56. The average molecular weight is 743 g/mol. The van der Waals surface area contributed by atoms with Crippen LogP contribution in [0, 0.1) is 0 Å². The summed E-state index contributed by atoms with van der Waals surface area (Å²) in [6.45, 7) is 9.37. The Balaban J connectivity index is 0.960. The van der Waals surface area contributed by atoms with Gasteiger partial charge in [-0.2, -0.15) is 0 Å². The van der Waals surface area contributed by atoms with E-state index in [2.05, 4.69) is 191 Å². The van der Waals surface area contributed by atoms with Crippen LogP contribution in [-0.2, 0) is 10.8 Å². The van der Waals surface area contributed by atoms with E-state index in [1.54, 1.807) is 0 Å². The maximum Gasteiger partial charge on any atom is 0.160 e. The molecule has 0 saturated heterocycles. The molecule has 0 N–H and O–H groups in total. The van der Waals surface area contributed by atoms with Crippen molar-refractivity contribution in [3.8, 4) is 78.4 Å². The zero-order valence-electron chi connectivity index (χ0n) is 33.2. The Labute approximate surface area is 340 Å². The van der Waals surface area contributed by atoms with Gasteiger partial charge in [0.05, 0.1) is 11.4 Å². The molecule has 0 amide bonds. The van der Waals surface area contributed by atoms with Gasteiger partial charge in [0.1, 0.15) is 0 Å². The molecule has 0 aliphatic heterocycles. The minimum Gasteiger partial charge on any atom is -0.228 e. The fraction of sp³-hybridized carbons (Fsp3) is 0.107. The topological polar surface area (TPSA) is 25.8 Å². The van der Waals surface area contributed by atoms with Crippen LogP contribution >= 0.6 is 0 Å². The molecule has 11 rings (SSSR count). The summed E-state index contributed by atoms with van der Waals surface area (Å²) in [5.74, 6) is 0.716. The number of hydrogen-bond acceptors (Lipinski definition) is 2. The highest BCUT2D eigenvalue weighted by atomic mass is 14.9. The van der Waals surface area contributed by atoms with Gasteiger partial charge in [-0.1, -0.05) is 185 Å². The summed E-state index contributed by atoms with van der Waals surface area (Å²) in [6.07, 6.45) is 0. The molecular weight excluding hydrogens is 701 g/mol. The summed E-state index contributed by atoms with van der Waals surface area (Å²) in [7, 11) is 0. The largest absolute Gasteiger partial charge is 0.228 e. The van der Waals surface area contributed by atoms with Crippen molar-refractivity contribution in [1.82, 2.24) is 9.97 Å². The first-order valence-electron chi connectivity index (χ1n) is 20.3. The third kappa shape index (κ3) is 5.32. The second-order valence-electron chi connectivity index (χ2n) is 17.0. The van der Waals surface area contributed by atoms with Crippen molar-refractivity contribution in [3.63, 3.8) is 0 Å². The van der Waals surface area contributed by atoms with Crippen LogP contribution in [0.3, 0.4) is 0 Å². The second-order valence-corrected chi connectivity index (χ2v) is 17.0. The van der Waals surface area contributed by atoms with Crippen molar-refractivity contribution in [2.24, 2.45) is 0 Å². The first-order valence-corrected chi connectivity index (χ1v) is 20.3. The molecule has 9 aromatic rings. The van der Waals surface area contributed by atoms with Gasteiger partial charge in [-0.3, -0.25) is 0 Å². The highest BCUT2D eigenvalue weighted by Crippen LogP contribution is 2.53. The number of aromatic nitrogens is 2. The van der Waals surface area contributed by atoms with Crippen LogP contribution in [0.15, 0.2) is 182 Å². The maximum atomic E-state index is 5.15. The van der Waals surface area contributed by atoms with Crippen molar-refractivity contribution >= 4 is 10.8 Å². The summed E-state index contributed by atoms with van der Waals surface area (Å²) < 4.78 is 0. The molecular formula is C56H42N2. The smallest absolute Gasteiger partial charge is 0.160 e. The van der Waals surface area contributed by atoms with Crippen molar-refractivity contribution in [2.75, 3.05) is 0 Å². The third-order valence-electron chi connectivity index (χ3n) is 12.9. The molecule has 2 aliphatic carbocycles. The standard InChI is InChI=1S/C56H42N2/c1-55(2)47-19-11-10-17-44(47)45-31-42(29-30-48(45)55)35-21-25-37(26-22-35)51-34-52(58-54(57-51)39-13-6-5-7-14-39)38-27-23-36(24-28-38)43-18-12-20-49-53(43)46-32-40-15-8-9-16-41(40)33-50(46)56(49,3)4/h5-34H,1-4H3. The fourth-order valence-corrected chi connectivity index (χ4v) is 9.73. The van der Waals surface area contributed by atoms with Crippen LogP contribution in [-0.4, -0.2) is 9.97 Å². The Morgan fingerprint density at radius 2 is 0.845 bits per heavy atom. The molecule has 0 bridgehead atoms. The number of nitrogens with zero attached hydrogens (tertiary/aromatic N) is 2.